The minimum atomic E-state index is 0.647. The van der Waals surface area contributed by atoms with Gasteiger partial charge in [-0.2, -0.15) is 0 Å². The number of fused-ring (bicyclic) bond motifs is 2. The molecule has 0 saturated carbocycles. The number of hydrogen-bond acceptors (Lipinski definition) is 3. The topological polar surface area (TPSA) is 38.7 Å². The second-order valence-electron chi connectivity index (χ2n) is 10.8. The summed E-state index contributed by atoms with van der Waals surface area (Å²) in [6.45, 7) is 0. The van der Waals surface area contributed by atoms with E-state index in [1.807, 2.05) is 30.3 Å². The Bertz CT molecular complexity index is 2260. The monoisotopic (exact) mass is 561 g/mol. The van der Waals surface area contributed by atoms with E-state index in [2.05, 4.69) is 133 Å². The molecule has 0 N–H and O–H groups in total. The molecule has 0 atom stereocenters. The van der Waals surface area contributed by atoms with Gasteiger partial charge in [-0.1, -0.05) is 152 Å². The van der Waals surface area contributed by atoms with E-state index in [0.29, 0.717) is 17.5 Å². The number of nitrogens with zero attached hydrogens (tertiary/aromatic N) is 3. The first kappa shape index (κ1) is 25.8. The third-order valence-electron chi connectivity index (χ3n) is 8.15. The first-order chi connectivity index (χ1) is 21.8. The Balaban J connectivity index is 1.41. The van der Waals surface area contributed by atoms with Crippen molar-refractivity contribution < 1.29 is 0 Å². The van der Waals surface area contributed by atoms with Gasteiger partial charge < -0.3 is 0 Å². The van der Waals surface area contributed by atoms with Crippen LogP contribution in [0.15, 0.2) is 164 Å². The highest BCUT2D eigenvalue weighted by atomic mass is 15.0. The van der Waals surface area contributed by atoms with Crippen molar-refractivity contribution in [1.29, 1.82) is 0 Å². The molecule has 7 aromatic carbocycles. The molecule has 0 aliphatic rings. The summed E-state index contributed by atoms with van der Waals surface area (Å²) in [7, 11) is 0. The summed E-state index contributed by atoms with van der Waals surface area (Å²) >= 11 is 0. The van der Waals surface area contributed by atoms with E-state index in [-0.39, 0.29) is 0 Å². The highest BCUT2D eigenvalue weighted by molar-refractivity contribution is 6.05. The Morgan fingerprint density at radius 1 is 0.273 bits per heavy atom. The van der Waals surface area contributed by atoms with E-state index in [4.69, 9.17) is 15.0 Å². The molecule has 1 heterocycles. The van der Waals surface area contributed by atoms with E-state index in [1.54, 1.807) is 0 Å². The molecule has 0 saturated heterocycles. The minimum absolute atomic E-state index is 0.647. The van der Waals surface area contributed by atoms with E-state index in [1.165, 1.54) is 16.5 Å². The van der Waals surface area contributed by atoms with Gasteiger partial charge in [-0.15, -0.1) is 0 Å². The Labute approximate surface area is 256 Å². The van der Waals surface area contributed by atoms with Crippen molar-refractivity contribution in [3.8, 4) is 56.4 Å². The smallest absolute Gasteiger partial charge is 0.164 e. The highest BCUT2D eigenvalue weighted by Gasteiger charge is 2.19. The first-order valence-electron chi connectivity index (χ1n) is 14.8. The van der Waals surface area contributed by atoms with Gasteiger partial charge in [-0.3, -0.25) is 0 Å². The molecule has 3 heteroatoms. The van der Waals surface area contributed by atoms with Crippen molar-refractivity contribution in [2.75, 3.05) is 0 Å². The Morgan fingerprint density at radius 3 is 1.41 bits per heavy atom. The zero-order valence-electron chi connectivity index (χ0n) is 23.9. The predicted molar refractivity (Wildman–Crippen MR) is 182 cm³/mol. The standard InChI is InChI=1S/C41H27N3/c1-4-14-28(15-5-1)32-26-27-36(35-23-13-12-22-34(32)35)40-42-39(31-19-8-3-9-20-31)43-41(44-40)37-25-24-29-16-10-11-21-33(29)38(37)30-17-6-2-7-18-30/h1-27H. The Morgan fingerprint density at radius 2 is 0.727 bits per heavy atom. The van der Waals surface area contributed by atoms with Gasteiger partial charge in [-0.05, 0) is 50.4 Å². The molecule has 8 aromatic rings. The third-order valence-corrected chi connectivity index (χ3v) is 8.15. The summed E-state index contributed by atoms with van der Waals surface area (Å²) in [6.07, 6.45) is 0. The van der Waals surface area contributed by atoms with E-state index in [0.717, 1.165) is 44.0 Å². The average molecular weight is 562 g/mol. The van der Waals surface area contributed by atoms with Gasteiger partial charge >= 0.3 is 0 Å². The number of rotatable bonds is 5. The minimum Gasteiger partial charge on any atom is -0.208 e. The van der Waals surface area contributed by atoms with Crippen LogP contribution in [-0.4, -0.2) is 15.0 Å². The van der Waals surface area contributed by atoms with Gasteiger partial charge in [0.25, 0.3) is 0 Å². The Hall–Kier alpha value is -5.93. The number of aromatic nitrogens is 3. The summed E-state index contributed by atoms with van der Waals surface area (Å²) < 4.78 is 0. The molecule has 44 heavy (non-hydrogen) atoms. The lowest BCUT2D eigenvalue weighted by molar-refractivity contribution is 1.08. The van der Waals surface area contributed by atoms with Gasteiger partial charge in [-0.25, -0.2) is 15.0 Å². The van der Waals surface area contributed by atoms with Crippen LogP contribution in [0, 0.1) is 0 Å². The largest absolute Gasteiger partial charge is 0.208 e. The maximum atomic E-state index is 5.22. The molecule has 0 fully saturated rings. The molecule has 0 radical (unpaired) electrons. The predicted octanol–water partition coefficient (Wildman–Crippen LogP) is 10.5. The van der Waals surface area contributed by atoms with Crippen molar-refractivity contribution in [2.24, 2.45) is 0 Å². The van der Waals surface area contributed by atoms with Gasteiger partial charge in [0, 0.05) is 22.3 Å². The van der Waals surface area contributed by atoms with Crippen molar-refractivity contribution in [3.05, 3.63) is 164 Å². The molecule has 1 aromatic heterocycles. The lowest BCUT2D eigenvalue weighted by Crippen LogP contribution is -2.02. The van der Waals surface area contributed by atoms with Crippen LogP contribution >= 0.6 is 0 Å². The molecule has 0 aliphatic carbocycles. The quantitative estimate of drug-likeness (QED) is 0.210. The zero-order chi connectivity index (χ0) is 29.3. The summed E-state index contributed by atoms with van der Waals surface area (Å²) in [5, 5.41) is 4.61. The van der Waals surface area contributed by atoms with Crippen molar-refractivity contribution in [3.63, 3.8) is 0 Å². The molecule has 0 amide bonds. The molecule has 0 bridgehead atoms. The summed E-state index contributed by atoms with van der Waals surface area (Å²) in [4.78, 5) is 15.4. The molecule has 8 rings (SSSR count). The van der Waals surface area contributed by atoms with Crippen LogP contribution in [-0.2, 0) is 0 Å². The number of hydrogen-bond donors (Lipinski definition) is 0. The summed E-state index contributed by atoms with van der Waals surface area (Å²) in [6, 6.07) is 56.8. The Kier molecular flexibility index (Phi) is 6.47. The molecule has 0 unspecified atom stereocenters. The zero-order valence-corrected chi connectivity index (χ0v) is 23.9. The third kappa shape index (κ3) is 4.61. The van der Waals surface area contributed by atoms with Crippen LogP contribution in [0.1, 0.15) is 0 Å². The number of benzene rings is 7. The van der Waals surface area contributed by atoms with Crippen molar-refractivity contribution >= 4 is 21.5 Å². The second-order valence-corrected chi connectivity index (χ2v) is 10.8. The lowest BCUT2D eigenvalue weighted by Gasteiger charge is -2.16. The van der Waals surface area contributed by atoms with Gasteiger partial charge in [0.05, 0.1) is 0 Å². The summed E-state index contributed by atoms with van der Waals surface area (Å²) in [5.74, 6) is 1.94. The van der Waals surface area contributed by atoms with Gasteiger partial charge in [0.1, 0.15) is 0 Å². The first-order valence-corrected chi connectivity index (χ1v) is 14.8. The molecule has 206 valence electrons. The van der Waals surface area contributed by atoms with E-state index >= 15 is 0 Å². The normalized spacial score (nSPS) is 11.2. The van der Waals surface area contributed by atoms with Crippen molar-refractivity contribution in [2.45, 2.75) is 0 Å². The van der Waals surface area contributed by atoms with Crippen LogP contribution < -0.4 is 0 Å². The van der Waals surface area contributed by atoms with Crippen LogP contribution in [0.5, 0.6) is 0 Å². The SMILES string of the molecule is c1ccc(-c2nc(-c3ccc4ccccc4c3-c3ccccc3)nc(-c3ccc(-c4ccccc4)c4ccccc34)n2)cc1. The maximum Gasteiger partial charge on any atom is 0.164 e. The van der Waals surface area contributed by atoms with Gasteiger partial charge in [0.2, 0.25) is 0 Å². The molecule has 0 spiro atoms. The van der Waals surface area contributed by atoms with E-state index < -0.39 is 0 Å². The summed E-state index contributed by atoms with van der Waals surface area (Å²) in [5.41, 5.74) is 7.50. The molecule has 0 aliphatic heterocycles. The van der Waals surface area contributed by atoms with Crippen LogP contribution in [0.2, 0.25) is 0 Å². The van der Waals surface area contributed by atoms with Crippen LogP contribution in [0.3, 0.4) is 0 Å². The average Bonchev–Trinajstić information content (AvgIpc) is 3.11. The lowest BCUT2D eigenvalue weighted by atomic mass is 9.92. The van der Waals surface area contributed by atoms with Crippen LogP contribution in [0.25, 0.3) is 78.0 Å². The maximum absolute atomic E-state index is 5.22. The highest BCUT2D eigenvalue weighted by Crippen LogP contribution is 2.39. The fraction of sp³-hybridized carbons (Fsp3) is 0. The van der Waals surface area contributed by atoms with E-state index in [9.17, 15) is 0 Å². The van der Waals surface area contributed by atoms with Gasteiger partial charge in [0.15, 0.2) is 17.5 Å². The molecular weight excluding hydrogens is 534 g/mol. The van der Waals surface area contributed by atoms with Crippen LogP contribution in [0.4, 0.5) is 0 Å². The molecular formula is C41H27N3. The molecule has 3 nitrogen and oxygen atoms in total. The fourth-order valence-electron chi connectivity index (χ4n) is 6.07. The second kappa shape index (κ2) is 11.0. The van der Waals surface area contributed by atoms with Crippen molar-refractivity contribution in [1.82, 2.24) is 15.0 Å². The fourth-order valence-corrected chi connectivity index (χ4v) is 6.07.